The van der Waals surface area contributed by atoms with Crippen molar-refractivity contribution < 1.29 is 14.3 Å². The fourth-order valence-electron chi connectivity index (χ4n) is 2.25. The molecule has 116 valence electrons. The summed E-state index contributed by atoms with van der Waals surface area (Å²) in [6.45, 7) is 0.407. The fraction of sp³-hybridized carbons (Fsp3) is 0.235. The molecule has 2 N–H and O–H groups in total. The van der Waals surface area contributed by atoms with E-state index in [2.05, 4.69) is 5.32 Å². The van der Waals surface area contributed by atoms with Gasteiger partial charge in [-0.3, -0.25) is 4.79 Å². The third kappa shape index (κ3) is 4.29. The molecule has 0 saturated carbocycles. The van der Waals surface area contributed by atoms with Gasteiger partial charge in [0.25, 0.3) is 5.91 Å². The third-order valence-electron chi connectivity index (χ3n) is 3.43. The van der Waals surface area contributed by atoms with Gasteiger partial charge in [-0.25, -0.2) is 4.39 Å². The molecule has 0 heterocycles. The number of hydrogen-bond acceptors (Lipinski definition) is 2. The van der Waals surface area contributed by atoms with Crippen LogP contribution in [0.25, 0.3) is 0 Å². The van der Waals surface area contributed by atoms with Gasteiger partial charge >= 0.3 is 0 Å². The molecular weight excluding hydrogens is 305 g/mol. The maximum atomic E-state index is 13.0. The number of amides is 1. The lowest BCUT2D eigenvalue weighted by molar-refractivity contribution is 0.0949. The lowest BCUT2D eigenvalue weighted by Gasteiger charge is -2.17. The van der Waals surface area contributed by atoms with Gasteiger partial charge in [0.1, 0.15) is 5.82 Å². The van der Waals surface area contributed by atoms with Gasteiger partial charge < -0.3 is 10.4 Å². The Kier molecular flexibility index (Phi) is 5.92. The van der Waals surface area contributed by atoms with Crippen LogP contribution in [0.4, 0.5) is 4.39 Å². The average Bonchev–Trinajstić information content (AvgIpc) is 2.52. The third-order valence-corrected chi connectivity index (χ3v) is 3.75. The number of aliphatic hydroxyl groups excluding tert-OH is 1. The molecule has 0 aliphatic carbocycles. The number of carbonyl (C=O) groups is 1. The summed E-state index contributed by atoms with van der Waals surface area (Å²) in [4.78, 5) is 12.1. The van der Waals surface area contributed by atoms with E-state index in [1.165, 1.54) is 12.1 Å². The first-order valence-electron chi connectivity index (χ1n) is 7.01. The Morgan fingerprint density at radius 1 is 1.23 bits per heavy atom. The highest BCUT2D eigenvalue weighted by molar-refractivity contribution is 6.33. The Hall–Kier alpha value is -1.91. The zero-order valence-electron chi connectivity index (χ0n) is 11.9. The number of hydrogen-bond donors (Lipinski definition) is 2. The van der Waals surface area contributed by atoms with Crippen LogP contribution in [0, 0.1) is 5.82 Å². The van der Waals surface area contributed by atoms with E-state index in [1.54, 1.807) is 0 Å². The van der Waals surface area contributed by atoms with Crippen LogP contribution < -0.4 is 5.32 Å². The molecule has 22 heavy (non-hydrogen) atoms. The van der Waals surface area contributed by atoms with Gasteiger partial charge in [0.15, 0.2) is 0 Å². The summed E-state index contributed by atoms with van der Waals surface area (Å²) in [6.07, 6.45) is 0.543. The Balaban J connectivity index is 2.04. The normalized spacial score (nSPS) is 12.0. The summed E-state index contributed by atoms with van der Waals surface area (Å²) in [5.41, 5.74) is 1.28. The van der Waals surface area contributed by atoms with E-state index in [9.17, 15) is 14.3 Å². The number of aliphatic hydroxyl groups is 1. The first-order valence-corrected chi connectivity index (χ1v) is 7.38. The average molecular weight is 322 g/mol. The minimum Gasteiger partial charge on any atom is -0.396 e. The Morgan fingerprint density at radius 3 is 2.59 bits per heavy atom. The molecule has 0 aliphatic rings. The van der Waals surface area contributed by atoms with E-state index in [0.717, 1.165) is 11.6 Å². The highest BCUT2D eigenvalue weighted by Crippen LogP contribution is 2.20. The van der Waals surface area contributed by atoms with Crippen molar-refractivity contribution in [2.75, 3.05) is 13.2 Å². The lowest BCUT2D eigenvalue weighted by atomic mass is 9.96. The largest absolute Gasteiger partial charge is 0.396 e. The molecule has 5 heteroatoms. The standard InChI is InChI=1S/C17H17ClFNO2/c18-16-10-14(19)6-7-15(16)17(22)20-11-13(8-9-21)12-4-2-1-3-5-12/h1-7,10,13,21H,8-9,11H2,(H,20,22). The topological polar surface area (TPSA) is 49.3 Å². The lowest BCUT2D eigenvalue weighted by Crippen LogP contribution is -2.29. The van der Waals surface area contributed by atoms with E-state index in [4.69, 9.17) is 11.6 Å². The summed E-state index contributed by atoms with van der Waals surface area (Å²) in [5.74, 6) is -0.831. The number of nitrogens with one attached hydrogen (secondary N) is 1. The molecule has 0 bridgehead atoms. The molecule has 0 fully saturated rings. The second kappa shape index (κ2) is 7.92. The molecule has 3 nitrogen and oxygen atoms in total. The Bertz CT molecular complexity index is 634. The molecule has 0 radical (unpaired) electrons. The first kappa shape index (κ1) is 16.5. The summed E-state index contributed by atoms with van der Waals surface area (Å²) in [5, 5.41) is 12.0. The van der Waals surface area contributed by atoms with Gasteiger partial charge in [-0.2, -0.15) is 0 Å². The van der Waals surface area contributed by atoms with Crippen molar-refractivity contribution in [3.63, 3.8) is 0 Å². The second-order valence-electron chi connectivity index (χ2n) is 4.95. The molecule has 2 rings (SSSR count). The SMILES string of the molecule is O=C(NCC(CCO)c1ccccc1)c1ccc(F)cc1Cl. The van der Waals surface area contributed by atoms with E-state index < -0.39 is 5.82 Å². The van der Waals surface area contributed by atoms with Crippen LogP contribution in [-0.2, 0) is 0 Å². The predicted octanol–water partition coefficient (Wildman–Crippen LogP) is 3.38. The van der Waals surface area contributed by atoms with E-state index >= 15 is 0 Å². The second-order valence-corrected chi connectivity index (χ2v) is 5.36. The molecule has 0 spiro atoms. The highest BCUT2D eigenvalue weighted by atomic mass is 35.5. The molecule has 0 saturated heterocycles. The predicted molar refractivity (Wildman–Crippen MR) is 84.6 cm³/mol. The molecule has 0 aliphatic heterocycles. The quantitative estimate of drug-likeness (QED) is 0.857. The number of benzene rings is 2. The molecule has 1 amide bonds. The molecule has 2 aromatic rings. The number of rotatable bonds is 6. The van der Waals surface area contributed by atoms with Crippen molar-refractivity contribution in [3.8, 4) is 0 Å². The van der Waals surface area contributed by atoms with Crippen LogP contribution in [0.1, 0.15) is 28.3 Å². The van der Waals surface area contributed by atoms with E-state index in [-0.39, 0.29) is 29.0 Å². The van der Waals surface area contributed by atoms with Crippen LogP contribution in [-0.4, -0.2) is 24.2 Å². The molecule has 1 atom stereocenters. The maximum absolute atomic E-state index is 13.0. The Labute approximate surface area is 133 Å². The van der Waals surface area contributed by atoms with Gasteiger partial charge in [-0.1, -0.05) is 41.9 Å². The zero-order chi connectivity index (χ0) is 15.9. The summed E-state index contributed by atoms with van der Waals surface area (Å²) < 4.78 is 13.0. The van der Waals surface area contributed by atoms with Crippen LogP contribution in [0.3, 0.4) is 0 Å². The highest BCUT2D eigenvalue weighted by Gasteiger charge is 2.15. The van der Waals surface area contributed by atoms with E-state index in [0.29, 0.717) is 13.0 Å². The Morgan fingerprint density at radius 2 is 1.95 bits per heavy atom. The number of carbonyl (C=O) groups excluding carboxylic acids is 1. The van der Waals surface area contributed by atoms with Crippen molar-refractivity contribution >= 4 is 17.5 Å². The summed E-state index contributed by atoms with van der Waals surface area (Å²) >= 11 is 5.88. The molecule has 1 unspecified atom stereocenters. The molecule has 2 aromatic carbocycles. The van der Waals surface area contributed by atoms with Crippen LogP contribution in [0.5, 0.6) is 0 Å². The fourth-order valence-corrected chi connectivity index (χ4v) is 2.51. The first-order chi connectivity index (χ1) is 10.6. The molecule has 0 aromatic heterocycles. The van der Waals surface area contributed by atoms with Crippen LogP contribution in [0.15, 0.2) is 48.5 Å². The van der Waals surface area contributed by atoms with Crippen molar-refractivity contribution in [3.05, 3.63) is 70.5 Å². The van der Waals surface area contributed by atoms with Gasteiger partial charge in [0.05, 0.1) is 10.6 Å². The minimum atomic E-state index is -0.482. The van der Waals surface area contributed by atoms with E-state index in [1.807, 2.05) is 30.3 Å². The van der Waals surface area contributed by atoms with Gasteiger partial charge in [0, 0.05) is 19.1 Å². The van der Waals surface area contributed by atoms with Gasteiger partial charge in [-0.05, 0) is 30.2 Å². The van der Waals surface area contributed by atoms with Crippen LogP contribution in [0.2, 0.25) is 5.02 Å². The van der Waals surface area contributed by atoms with Gasteiger partial charge in [-0.15, -0.1) is 0 Å². The van der Waals surface area contributed by atoms with Crippen molar-refractivity contribution in [2.45, 2.75) is 12.3 Å². The van der Waals surface area contributed by atoms with Crippen LogP contribution >= 0.6 is 11.6 Å². The summed E-state index contributed by atoms with van der Waals surface area (Å²) in [7, 11) is 0. The number of halogens is 2. The van der Waals surface area contributed by atoms with Crippen molar-refractivity contribution in [1.29, 1.82) is 0 Å². The van der Waals surface area contributed by atoms with Crippen molar-refractivity contribution in [2.24, 2.45) is 0 Å². The monoisotopic (exact) mass is 321 g/mol. The zero-order valence-corrected chi connectivity index (χ0v) is 12.7. The molecular formula is C17H17ClFNO2. The minimum absolute atomic E-state index is 0.00868. The maximum Gasteiger partial charge on any atom is 0.252 e. The smallest absolute Gasteiger partial charge is 0.252 e. The summed E-state index contributed by atoms with van der Waals surface area (Å²) in [6, 6.07) is 13.3. The van der Waals surface area contributed by atoms with Gasteiger partial charge in [0.2, 0.25) is 0 Å². The van der Waals surface area contributed by atoms with Crippen molar-refractivity contribution in [1.82, 2.24) is 5.32 Å².